The van der Waals surface area contributed by atoms with E-state index in [1.54, 1.807) is 24.0 Å². The van der Waals surface area contributed by atoms with Gasteiger partial charge in [0.15, 0.2) is 6.61 Å². The van der Waals surface area contributed by atoms with Gasteiger partial charge < -0.3 is 19.3 Å². The standard InChI is InChI=1S/C21H22F3N3O4/c1-2-30-20(29)16-5-8-18(25-13-16)26-9-11-27(12-10-26)19(28)15-3-6-17(7-4-15)31-14-21(22,23)24/h3-8,13H,2,9-12,14H2,1H3. The van der Waals surface area contributed by atoms with Crippen LogP contribution >= 0.6 is 0 Å². The number of hydrogen-bond donors (Lipinski definition) is 0. The lowest BCUT2D eigenvalue weighted by molar-refractivity contribution is -0.153. The molecule has 2 heterocycles. The fourth-order valence-electron chi connectivity index (χ4n) is 3.09. The molecule has 1 saturated heterocycles. The molecule has 1 aliphatic heterocycles. The van der Waals surface area contributed by atoms with Crippen LogP contribution in [0, 0.1) is 0 Å². The average molecular weight is 437 g/mol. The van der Waals surface area contributed by atoms with Gasteiger partial charge in [0.2, 0.25) is 0 Å². The molecule has 31 heavy (non-hydrogen) atoms. The summed E-state index contributed by atoms with van der Waals surface area (Å²) >= 11 is 0. The number of hydrogen-bond acceptors (Lipinski definition) is 6. The van der Waals surface area contributed by atoms with Gasteiger partial charge in [0.05, 0.1) is 12.2 Å². The Hall–Kier alpha value is -3.30. The van der Waals surface area contributed by atoms with Crippen molar-refractivity contribution in [1.29, 1.82) is 0 Å². The number of carbonyl (C=O) groups is 2. The van der Waals surface area contributed by atoms with E-state index in [0.29, 0.717) is 49.7 Å². The Kier molecular flexibility index (Phi) is 6.98. The van der Waals surface area contributed by atoms with Gasteiger partial charge in [0, 0.05) is 37.9 Å². The van der Waals surface area contributed by atoms with Crippen LogP contribution in [0.5, 0.6) is 5.75 Å². The van der Waals surface area contributed by atoms with E-state index in [4.69, 9.17) is 4.74 Å². The minimum absolute atomic E-state index is 0.0519. The normalized spacial score (nSPS) is 14.3. The summed E-state index contributed by atoms with van der Waals surface area (Å²) in [6, 6.07) is 9.00. The molecule has 3 rings (SSSR count). The Morgan fingerprint density at radius 2 is 1.65 bits per heavy atom. The molecule has 0 unspecified atom stereocenters. The maximum Gasteiger partial charge on any atom is 0.422 e. The number of nitrogens with zero attached hydrogens (tertiary/aromatic N) is 3. The van der Waals surface area contributed by atoms with Gasteiger partial charge in [-0.25, -0.2) is 9.78 Å². The molecule has 0 atom stereocenters. The zero-order chi connectivity index (χ0) is 22.4. The molecule has 1 aromatic carbocycles. The van der Waals surface area contributed by atoms with E-state index in [0.717, 1.165) is 0 Å². The Balaban J connectivity index is 1.53. The Bertz CT molecular complexity index is 894. The largest absolute Gasteiger partial charge is 0.484 e. The summed E-state index contributed by atoms with van der Waals surface area (Å²) in [6.45, 7) is 2.70. The van der Waals surface area contributed by atoms with Gasteiger partial charge in [-0.2, -0.15) is 13.2 Å². The zero-order valence-corrected chi connectivity index (χ0v) is 16.9. The number of benzene rings is 1. The summed E-state index contributed by atoms with van der Waals surface area (Å²) in [7, 11) is 0. The molecule has 2 aromatic rings. The van der Waals surface area contributed by atoms with E-state index in [9.17, 15) is 22.8 Å². The second kappa shape index (κ2) is 9.67. The third-order valence-electron chi connectivity index (χ3n) is 4.65. The second-order valence-corrected chi connectivity index (χ2v) is 6.83. The molecule has 1 fully saturated rings. The summed E-state index contributed by atoms with van der Waals surface area (Å²) in [6.07, 6.45) is -2.95. The number of aromatic nitrogens is 1. The lowest BCUT2D eigenvalue weighted by atomic mass is 10.1. The summed E-state index contributed by atoms with van der Waals surface area (Å²) in [5.41, 5.74) is 0.756. The number of rotatable bonds is 6. The molecule has 0 aliphatic carbocycles. The number of pyridine rings is 1. The van der Waals surface area contributed by atoms with E-state index in [2.05, 4.69) is 9.72 Å². The number of alkyl halides is 3. The first kappa shape index (κ1) is 22.4. The van der Waals surface area contributed by atoms with Crippen molar-refractivity contribution in [1.82, 2.24) is 9.88 Å². The minimum atomic E-state index is -4.41. The van der Waals surface area contributed by atoms with Gasteiger partial charge in [0.1, 0.15) is 11.6 Å². The van der Waals surface area contributed by atoms with Gasteiger partial charge in [0.25, 0.3) is 5.91 Å². The molecule has 0 saturated carbocycles. The number of amides is 1. The summed E-state index contributed by atoms with van der Waals surface area (Å²) in [4.78, 5) is 32.4. The maximum absolute atomic E-state index is 12.7. The predicted octanol–water partition coefficient (Wildman–Crippen LogP) is 3.16. The molecule has 7 nitrogen and oxygen atoms in total. The average Bonchev–Trinajstić information content (AvgIpc) is 2.77. The number of carbonyl (C=O) groups excluding carboxylic acids is 2. The molecule has 1 aliphatic rings. The van der Waals surface area contributed by atoms with E-state index < -0.39 is 18.8 Å². The number of piperazine rings is 1. The van der Waals surface area contributed by atoms with E-state index in [1.165, 1.54) is 30.5 Å². The number of anilines is 1. The fraction of sp³-hybridized carbons (Fsp3) is 0.381. The molecule has 10 heteroatoms. The highest BCUT2D eigenvalue weighted by Gasteiger charge is 2.28. The van der Waals surface area contributed by atoms with Crippen LogP contribution in [-0.4, -0.2) is 67.3 Å². The smallest absolute Gasteiger partial charge is 0.422 e. The fourth-order valence-corrected chi connectivity index (χ4v) is 3.09. The van der Waals surface area contributed by atoms with Crippen molar-refractivity contribution in [2.45, 2.75) is 13.1 Å². The molecular formula is C21H22F3N3O4. The van der Waals surface area contributed by atoms with Gasteiger partial charge in [-0.15, -0.1) is 0 Å². The highest BCUT2D eigenvalue weighted by atomic mass is 19.4. The van der Waals surface area contributed by atoms with E-state index in [1.807, 2.05) is 4.90 Å². The topological polar surface area (TPSA) is 72.0 Å². The summed E-state index contributed by atoms with van der Waals surface area (Å²) < 4.78 is 46.2. The number of halogens is 3. The van der Waals surface area contributed by atoms with E-state index in [-0.39, 0.29) is 11.7 Å². The van der Waals surface area contributed by atoms with Crippen molar-refractivity contribution in [3.63, 3.8) is 0 Å². The van der Waals surface area contributed by atoms with Crippen molar-refractivity contribution < 1.29 is 32.2 Å². The van der Waals surface area contributed by atoms with Gasteiger partial charge >= 0.3 is 12.1 Å². The van der Waals surface area contributed by atoms with Crippen molar-refractivity contribution >= 4 is 17.7 Å². The minimum Gasteiger partial charge on any atom is -0.484 e. The number of ether oxygens (including phenoxy) is 2. The molecule has 0 radical (unpaired) electrons. The summed E-state index contributed by atoms with van der Waals surface area (Å²) in [5, 5.41) is 0. The van der Waals surface area contributed by atoms with Crippen LogP contribution in [0.1, 0.15) is 27.6 Å². The van der Waals surface area contributed by atoms with Crippen LogP contribution in [0.2, 0.25) is 0 Å². The molecule has 0 N–H and O–H groups in total. The lowest BCUT2D eigenvalue weighted by Gasteiger charge is -2.35. The first-order valence-electron chi connectivity index (χ1n) is 9.74. The Labute approximate surface area is 177 Å². The molecule has 166 valence electrons. The SMILES string of the molecule is CCOC(=O)c1ccc(N2CCN(C(=O)c3ccc(OCC(F)(F)F)cc3)CC2)nc1. The molecule has 0 bridgehead atoms. The van der Waals surface area contributed by atoms with Crippen molar-refractivity contribution in [2.24, 2.45) is 0 Å². The molecule has 1 aromatic heterocycles. The predicted molar refractivity (Wildman–Crippen MR) is 106 cm³/mol. The van der Waals surface area contributed by atoms with Crippen LogP contribution < -0.4 is 9.64 Å². The first-order valence-corrected chi connectivity index (χ1v) is 9.74. The highest BCUT2D eigenvalue weighted by Crippen LogP contribution is 2.20. The second-order valence-electron chi connectivity index (χ2n) is 6.83. The maximum atomic E-state index is 12.7. The first-order chi connectivity index (χ1) is 14.8. The number of esters is 1. The molecule has 1 amide bonds. The third-order valence-corrected chi connectivity index (χ3v) is 4.65. The van der Waals surface area contributed by atoms with Crippen LogP contribution in [0.3, 0.4) is 0 Å². The quantitative estimate of drug-likeness (QED) is 0.647. The van der Waals surface area contributed by atoms with Crippen molar-refractivity contribution in [3.8, 4) is 5.75 Å². The van der Waals surface area contributed by atoms with Gasteiger partial charge in [-0.05, 0) is 43.3 Å². The van der Waals surface area contributed by atoms with Crippen LogP contribution in [0.25, 0.3) is 0 Å². The van der Waals surface area contributed by atoms with Crippen molar-refractivity contribution in [3.05, 3.63) is 53.7 Å². The third kappa shape index (κ3) is 6.09. The van der Waals surface area contributed by atoms with Crippen LogP contribution in [0.4, 0.5) is 19.0 Å². The highest BCUT2D eigenvalue weighted by molar-refractivity contribution is 5.94. The molecule has 0 spiro atoms. The van der Waals surface area contributed by atoms with Crippen molar-refractivity contribution in [2.75, 3.05) is 44.3 Å². The zero-order valence-electron chi connectivity index (χ0n) is 16.9. The van der Waals surface area contributed by atoms with Gasteiger partial charge in [-0.1, -0.05) is 0 Å². The lowest BCUT2D eigenvalue weighted by Crippen LogP contribution is -2.49. The van der Waals surface area contributed by atoms with E-state index >= 15 is 0 Å². The monoisotopic (exact) mass is 437 g/mol. The van der Waals surface area contributed by atoms with Gasteiger partial charge in [-0.3, -0.25) is 4.79 Å². The Morgan fingerprint density at radius 3 is 2.19 bits per heavy atom. The molecular weight excluding hydrogens is 415 g/mol. The Morgan fingerprint density at radius 1 is 1.00 bits per heavy atom. The van der Waals surface area contributed by atoms with Crippen LogP contribution in [0.15, 0.2) is 42.6 Å². The summed E-state index contributed by atoms with van der Waals surface area (Å²) in [5.74, 6) is 0.127. The van der Waals surface area contributed by atoms with Crippen LogP contribution in [-0.2, 0) is 4.74 Å².